The van der Waals surface area contributed by atoms with Crippen LogP contribution in [0.5, 0.6) is 0 Å². The summed E-state index contributed by atoms with van der Waals surface area (Å²) in [7, 11) is 0. The Hall–Kier alpha value is -2.42. The van der Waals surface area contributed by atoms with Gasteiger partial charge in [0.2, 0.25) is 0 Å². The van der Waals surface area contributed by atoms with Crippen molar-refractivity contribution < 1.29 is 0 Å². The molecule has 8 bridgehead atoms. The zero-order valence-corrected chi connectivity index (χ0v) is 19.3. The van der Waals surface area contributed by atoms with Crippen LogP contribution in [0.3, 0.4) is 0 Å². The van der Waals surface area contributed by atoms with Gasteiger partial charge in [0.15, 0.2) is 0 Å². The van der Waals surface area contributed by atoms with Gasteiger partial charge in [-0.25, -0.2) is 0 Å². The van der Waals surface area contributed by atoms with E-state index in [1.807, 2.05) is 0 Å². The minimum Gasteiger partial charge on any atom is -0.302 e. The summed E-state index contributed by atoms with van der Waals surface area (Å²) in [6.07, 6.45) is 6.78. The molecule has 0 amide bonds. The van der Waals surface area contributed by atoms with Gasteiger partial charge in [-0.3, -0.25) is 0 Å². The molecule has 0 aromatic heterocycles. The number of rotatable bonds is 0. The predicted molar refractivity (Wildman–Crippen MR) is 134 cm³/mol. The first kappa shape index (κ1) is 21.4. The van der Waals surface area contributed by atoms with E-state index in [2.05, 4.69) is 82.6 Å². The van der Waals surface area contributed by atoms with Crippen LogP contribution in [0.2, 0.25) is 0 Å². The van der Waals surface area contributed by atoms with Crippen molar-refractivity contribution in [3.05, 3.63) is 106 Å². The molecule has 32 heavy (non-hydrogen) atoms. The second kappa shape index (κ2) is 10.5. The van der Waals surface area contributed by atoms with Gasteiger partial charge in [-0.2, -0.15) is 0 Å². The minimum absolute atomic E-state index is 1.13. The predicted octanol–water partition coefficient (Wildman–Crippen LogP) is 4.97. The summed E-state index contributed by atoms with van der Waals surface area (Å²) < 4.78 is 0. The Kier molecular flexibility index (Phi) is 7.01. The fourth-order valence-corrected chi connectivity index (χ4v) is 5.01. The van der Waals surface area contributed by atoms with E-state index in [1.165, 1.54) is 33.4 Å². The highest BCUT2D eigenvalue weighted by Crippen LogP contribution is 2.14. The summed E-state index contributed by atoms with van der Waals surface area (Å²) >= 11 is 0. The number of nitrogens with zero attached hydrogens (tertiary/aromatic N) is 2. The third-order valence-corrected chi connectivity index (χ3v) is 7.37. The van der Waals surface area contributed by atoms with E-state index in [0.717, 1.165) is 77.8 Å². The molecule has 0 aliphatic carbocycles. The van der Waals surface area contributed by atoms with E-state index in [9.17, 15) is 0 Å². The average molecular weight is 425 g/mol. The van der Waals surface area contributed by atoms with Crippen LogP contribution >= 0.6 is 0 Å². The molecule has 0 atom stereocenters. The number of benzene rings is 3. The first-order valence-corrected chi connectivity index (χ1v) is 12.5. The van der Waals surface area contributed by atoms with Crippen molar-refractivity contribution in [1.29, 1.82) is 0 Å². The molecule has 0 unspecified atom stereocenters. The Bertz CT molecular complexity index is 760. The Morgan fingerprint density at radius 2 is 0.438 bits per heavy atom. The molecule has 0 fully saturated rings. The zero-order chi connectivity index (χ0) is 21.6. The van der Waals surface area contributed by atoms with Crippen LogP contribution < -0.4 is 0 Å². The quantitative estimate of drug-likeness (QED) is 0.503. The summed E-state index contributed by atoms with van der Waals surface area (Å²) in [5, 5.41) is 0. The van der Waals surface area contributed by atoms with Gasteiger partial charge in [-0.05, 0) is 71.9 Å². The van der Waals surface area contributed by atoms with E-state index in [0.29, 0.717) is 0 Å². The van der Waals surface area contributed by atoms with Gasteiger partial charge in [-0.1, -0.05) is 72.8 Å². The lowest BCUT2D eigenvalue weighted by Gasteiger charge is -2.25. The van der Waals surface area contributed by atoms with Crippen molar-refractivity contribution in [2.75, 3.05) is 39.3 Å². The lowest BCUT2D eigenvalue weighted by molar-refractivity contribution is 0.282. The first-order chi connectivity index (χ1) is 15.8. The van der Waals surface area contributed by atoms with Crippen molar-refractivity contribution in [1.82, 2.24) is 9.80 Å². The number of hydrogen-bond donors (Lipinski definition) is 0. The van der Waals surface area contributed by atoms with Gasteiger partial charge in [0.05, 0.1) is 0 Å². The van der Waals surface area contributed by atoms with E-state index in [1.54, 1.807) is 0 Å². The van der Waals surface area contributed by atoms with E-state index >= 15 is 0 Å². The van der Waals surface area contributed by atoms with Gasteiger partial charge in [0, 0.05) is 39.3 Å². The van der Waals surface area contributed by atoms with Crippen molar-refractivity contribution in [2.45, 2.75) is 38.5 Å². The van der Waals surface area contributed by atoms with Gasteiger partial charge in [0.1, 0.15) is 0 Å². The molecule has 2 heteroatoms. The smallest absolute Gasteiger partial charge is 0.00221 e. The van der Waals surface area contributed by atoms with E-state index < -0.39 is 0 Å². The molecule has 12 aliphatic rings. The average Bonchev–Trinajstić information content (AvgIpc) is 2.84. The summed E-state index contributed by atoms with van der Waals surface area (Å²) in [5.41, 5.74) is 8.79. The Balaban J connectivity index is 1.46. The van der Waals surface area contributed by atoms with Gasteiger partial charge >= 0.3 is 0 Å². The summed E-state index contributed by atoms with van der Waals surface area (Å²) in [4.78, 5) is 5.33. The lowest BCUT2D eigenvalue weighted by atomic mass is 10.0. The standard InChI is InChI=1S/C30H36N2/c1-2-26-4-3-25(1)13-19-31-21-15-27-5-9-29(10-6-27)17-23-32(20-14-26)24-18-30-11-7-28(8-12-30)16-22-31/h1-12H,13-24H2. The van der Waals surface area contributed by atoms with Crippen LogP contribution in [-0.2, 0) is 38.5 Å². The third-order valence-electron chi connectivity index (χ3n) is 7.37. The molecular weight excluding hydrogens is 388 g/mol. The molecule has 0 radical (unpaired) electrons. The number of hydrogen-bond acceptors (Lipinski definition) is 2. The lowest BCUT2D eigenvalue weighted by Crippen LogP contribution is -2.31. The zero-order valence-electron chi connectivity index (χ0n) is 19.3. The fraction of sp³-hybridized carbons (Fsp3) is 0.400. The topological polar surface area (TPSA) is 6.48 Å². The van der Waals surface area contributed by atoms with Gasteiger partial charge in [-0.15, -0.1) is 0 Å². The normalized spacial score (nSPS) is 22.1. The fourth-order valence-electron chi connectivity index (χ4n) is 5.01. The summed E-state index contributed by atoms with van der Waals surface area (Å²) in [6, 6.07) is 28.3. The molecule has 15 rings (SSSR count). The van der Waals surface area contributed by atoms with Crippen LogP contribution in [0.1, 0.15) is 33.4 Å². The van der Waals surface area contributed by atoms with E-state index in [4.69, 9.17) is 0 Å². The van der Waals surface area contributed by atoms with Crippen LogP contribution in [-0.4, -0.2) is 49.1 Å². The van der Waals surface area contributed by atoms with Crippen molar-refractivity contribution in [2.24, 2.45) is 0 Å². The molecular formula is C30H36N2. The maximum atomic E-state index is 2.67. The Morgan fingerprint density at radius 3 is 0.594 bits per heavy atom. The second-order valence-corrected chi connectivity index (χ2v) is 9.63. The van der Waals surface area contributed by atoms with E-state index in [-0.39, 0.29) is 0 Å². The monoisotopic (exact) mass is 424 g/mol. The van der Waals surface area contributed by atoms with Crippen molar-refractivity contribution >= 4 is 0 Å². The molecule has 3 aromatic carbocycles. The first-order valence-electron chi connectivity index (χ1n) is 12.5. The van der Waals surface area contributed by atoms with Gasteiger partial charge in [0.25, 0.3) is 0 Å². The molecule has 0 N–H and O–H groups in total. The van der Waals surface area contributed by atoms with Gasteiger partial charge < -0.3 is 9.80 Å². The molecule has 12 aliphatic heterocycles. The highest BCUT2D eigenvalue weighted by molar-refractivity contribution is 5.26. The Labute approximate surface area is 193 Å². The molecule has 166 valence electrons. The maximum Gasteiger partial charge on any atom is 0.00221 e. The van der Waals surface area contributed by atoms with Crippen molar-refractivity contribution in [3.8, 4) is 0 Å². The van der Waals surface area contributed by atoms with Crippen LogP contribution in [0.25, 0.3) is 0 Å². The molecule has 0 spiro atoms. The highest BCUT2D eigenvalue weighted by Gasteiger charge is 2.11. The van der Waals surface area contributed by atoms with Crippen molar-refractivity contribution in [3.63, 3.8) is 0 Å². The molecule has 0 saturated heterocycles. The molecule has 12 heterocycles. The third kappa shape index (κ3) is 5.88. The molecule has 0 saturated carbocycles. The SMILES string of the molecule is c1cc2ccc1CCN1CCc3ccc(cc3)CCN(CC2)CCc2ccc(cc2)CC1. The second-order valence-electron chi connectivity index (χ2n) is 9.63. The molecule has 2 nitrogen and oxygen atoms in total. The highest BCUT2D eigenvalue weighted by atomic mass is 15.1. The summed E-state index contributed by atoms with van der Waals surface area (Å²) in [5.74, 6) is 0. The van der Waals surface area contributed by atoms with Crippen LogP contribution in [0, 0.1) is 0 Å². The summed E-state index contributed by atoms with van der Waals surface area (Å²) in [6.45, 7) is 6.77. The van der Waals surface area contributed by atoms with Crippen LogP contribution in [0.15, 0.2) is 72.8 Å². The largest absolute Gasteiger partial charge is 0.302 e. The minimum atomic E-state index is 1.13. The Morgan fingerprint density at radius 1 is 0.281 bits per heavy atom. The molecule has 3 aromatic rings. The maximum absolute atomic E-state index is 2.67. The van der Waals surface area contributed by atoms with Crippen LogP contribution in [0.4, 0.5) is 0 Å².